The number of terminal acetylenes is 1. The van der Waals surface area contributed by atoms with Crippen molar-refractivity contribution in [2.75, 3.05) is 39.5 Å². The molecule has 0 radical (unpaired) electrons. The van der Waals surface area contributed by atoms with Crippen LogP contribution in [0.2, 0.25) is 0 Å². The molecule has 80 valence electrons. The van der Waals surface area contributed by atoms with Gasteiger partial charge in [0.05, 0.1) is 19.3 Å². The Morgan fingerprint density at radius 2 is 2.50 bits per heavy atom. The van der Waals surface area contributed by atoms with E-state index in [9.17, 15) is 0 Å². The Morgan fingerprint density at radius 3 is 3.21 bits per heavy atom. The molecule has 1 heterocycles. The van der Waals surface area contributed by atoms with Gasteiger partial charge in [0.25, 0.3) is 0 Å². The number of hydrogen-bond donors (Lipinski definition) is 0. The van der Waals surface area contributed by atoms with E-state index in [0.29, 0.717) is 6.61 Å². The van der Waals surface area contributed by atoms with Crippen LogP contribution >= 0.6 is 0 Å². The van der Waals surface area contributed by atoms with Gasteiger partial charge >= 0.3 is 0 Å². The average molecular weight is 197 g/mol. The highest BCUT2D eigenvalue weighted by molar-refractivity contribution is 5.01. The molecule has 3 nitrogen and oxygen atoms in total. The molecule has 3 heteroatoms. The van der Waals surface area contributed by atoms with Gasteiger partial charge in [-0.3, -0.25) is 4.90 Å². The molecule has 1 atom stereocenters. The lowest BCUT2D eigenvalue weighted by atomic mass is 10.2. The Kier molecular flexibility index (Phi) is 5.62. The molecule has 0 N–H and O–H groups in total. The lowest BCUT2D eigenvalue weighted by Gasteiger charge is -2.32. The van der Waals surface area contributed by atoms with E-state index in [1.807, 2.05) is 6.92 Å². The molecule has 0 aromatic rings. The van der Waals surface area contributed by atoms with Gasteiger partial charge in [0.2, 0.25) is 0 Å². The Morgan fingerprint density at radius 1 is 1.64 bits per heavy atom. The van der Waals surface area contributed by atoms with E-state index in [0.717, 1.165) is 39.3 Å². The molecular weight excluding hydrogens is 178 g/mol. The van der Waals surface area contributed by atoms with Gasteiger partial charge < -0.3 is 9.47 Å². The van der Waals surface area contributed by atoms with Crippen LogP contribution in [0.3, 0.4) is 0 Å². The summed E-state index contributed by atoms with van der Waals surface area (Å²) in [5, 5.41) is 0. The van der Waals surface area contributed by atoms with Crippen molar-refractivity contribution < 1.29 is 9.47 Å². The van der Waals surface area contributed by atoms with E-state index < -0.39 is 0 Å². The Balaban J connectivity index is 2.17. The minimum absolute atomic E-state index is 0.158. The van der Waals surface area contributed by atoms with Gasteiger partial charge in [-0.15, -0.1) is 6.42 Å². The van der Waals surface area contributed by atoms with Crippen LogP contribution in [-0.2, 0) is 9.47 Å². The van der Waals surface area contributed by atoms with E-state index in [1.54, 1.807) is 0 Å². The monoisotopic (exact) mass is 197 g/mol. The second-order valence-electron chi connectivity index (χ2n) is 3.34. The summed E-state index contributed by atoms with van der Waals surface area (Å²) in [4.78, 5) is 2.29. The normalized spacial score (nSPS) is 23.3. The predicted octanol–water partition coefficient (Wildman–Crippen LogP) is 0.747. The zero-order valence-corrected chi connectivity index (χ0v) is 8.87. The maximum Gasteiger partial charge on any atom is 0.0949 e. The van der Waals surface area contributed by atoms with Crippen molar-refractivity contribution in [2.45, 2.75) is 19.4 Å². The van der Waals surface area contributed by atoms with E-state index in [4.69, 9.17) is 15.9 Å². The first-order valence-electron chi connectivity index (χ1n) is 5.24. The molecule has 0 bridgehead atoms. The van der Waals surface area contributed by atoms with Crippen LogP contribution in [0.15, 0.2) is 0 Å². The quantitative estimate of drug-likeness (QED) is 0.479. The maximum atomic E-state index is 5.42. The fraction of sp³-hybridized carbons (Fsp3) is 0.818. The van der Waals surface area contributed by atoms with Crippen molar-refractivity contribution in [1.29, 1.82) is 0 Å². The fourth-order valence-electron chi connectivity index (χ4n) is 1.57. The van der Waals surface area contributed by atoms with E-state index >= 15 is 0 Å². The summed E-state index contributed by atoms with van der Waals surface area (Å²) in [5.41, 5.74) is 0. The Bertz CT molecular complexity index is 188. The first kappa shape index (κ1) is 11.5. The maximum absolute atomic E-state index is 5.42. The number of nitrogens with zero attached hydrogens (tertiary/aromatic N) is 1. The lowest BCUT2D eigenvalue weighted by Crippen LogP contribution is -2.45. The second-order valence-corrected chi connectivity index (χ2v) is 3.34. The van der Waals surface area contributed by atoms with Crippen molar-refractivity contribution in [2.24, 2.45) is 0 Å². The molecule has 0 unspecified atom stereocenters. The molecule has 1 aliphatic heterocycles. The van der Waals surface area contributed by atoms with Crippen LogP contribution in [0, 0.1) is 12.3 Å². The summed E-state index contributed by atoms with van der Waals surface area (Å²) in [6.07, 6.45) is 6.47. The number of ether oxygens (including phenoxy) is 2. The number of rotatable bonds is 5. The highest BCUT2D eigenvalue weighted by atomic mass is 16.5. The highest BCUT2D eigenvalue weighted by Crippen LogP contribution is 2.06. The SMILES string of the molecule is C#C[C@H]1COCCN1CCCOCC. The van der Waals surface area contributed by atoms with Gasteiger partial charge in [0.15, 0.2) is 0 Å². The molecule has 0 amide bonds. The van der Waals surface area contributed by atoms with Gasteiger partial charge in [0.1, 0.15) is 0 Å². The molecule has 14 heavy (non-hydrogen) atoms. The number of hydrogen-bond acceptors (Lipinski definition) is 3. The molecular formula is C11H19NO2. The first-order chi connectivity index (χ1) is 6.88. The van der Waals surface area contributed by atoms with E-state index in [-0.39, 0.29) is 6.04 Å². The van der Waals surface area contributed by atoms with Gasteiger partial charge in [-0.05, 0) is 13.3 Å². The van der Waals surface area contributed by atoms with Gasteiger partial charge in [-0.1, -0.05) is 5.92 Å². The van der Waals surface area contributed by atoms with E-state index in [1.165, 1.54) is 0 Å². The molecule has 0 saturated carbocycles. The third-order valence-electron chi connectivity index (χ3n) is 2.37. The second kappa shape index (κ2) is 6.83. The zero-order valence-electron chi connectivity index (χ0n) is 8.87. The van der Waals surface area contributed by atoms with Gasteiger partial charge in [-0.25, -0.2) is 0 Å². The van der Waals surface area contributed by atoms with Crippen molar-refractivity contribution in [3.8, 4) is 12.3 Å². The molecule has 0 aromatic heterocycles. The lowest BCUT2D eigenvalue weighted by molar-refractivity contribution is 0.00922. The third-order valence-corrected chi connectivity index (χ3v) is 2.37. The summed E-state index contributed by atoms with van der Waals surface area (Å²) in [6.45, 7) is 7.06. The van der Waals surface area contributed by atoms with Crippen LogP contribution in [0.1, 0.15) is 13.3 Å². The Hall–Kier alpha value is -0.560. The van der Waals surface area contributed by atoms with Gasteiger partial charge in [0, 0.05) is 26.3 Å². The first-order valence-corrected chi connectivity index (χ1v) is 5.24. The van der Waals surface area contributed by atoms with Crippen molar-refractivity contribution in [3.05, 3.63) is 0 Å². The summed E-state index contributed by atoms with van der Waals surface area (Å²) < 4.78 is 10.6. The van der Waals surface area contributed by atoms with Crippen LogP contribution in [-0.4, -0.2) is 50.5 Å². The Labute approximate surface area is 86.4 Å². The predicted molar refractivity (Wildman–Crippen MR) is 56.1 cm³/mol. The summed E-state index contributed by atoms with van der Waals surface area (Å²) in [7, 11) is 0. The van der Waals surface area contributed by atoms with E-state index in [2.05, 4.69) is 10.8 Å². The zero-order chi connectivity index (χ0) is 10.2. The fourth-order valence-corrected chi connectivity index (χ4v) is 1.57. The average Bonchev–Trinajstić information content (AvgIpc) is 2.25. The van der Waals surface area contributed by atoms with Crippen LogP contribution in [0.4, 0.5) is 0 Å². The minimum atomic E-state index is 0.158. The van der Waals surface area contributed by atoms with Crippen molar-refractivity contribution in [1.82, 2.24) is 4.90 Å². The molecule has 1 aliphatic rings. The molecule has 1 saturated heterocycles. The third kappa shape index (κ3) is 3.67. The molecule has 0 aromatic carbocycles. The summed E-state index contributed by atoms with van der Waals surface area (Å²) in [5.74, 6) is 2.76. The molecule has 1 fully saturated rings. The number of morpholine rings is 1. The largest absolute Gasteiger partial charge is 0.382 e. The molecule has 1 rings (SSSR count). The van der Waals surface area contributed by atoms with Crippen LogP contribution in [0.5, 0.6) is 0 Å². The van der Waals surface area contributed by atoms with Crippen LogP contribution in [0.25, 0.3) is 0 Å². The summed E-state index contributed by atoms with van der Waals surface area (Å²) >= 11 is 0. The van der Waals surface area contributed by atoms with Crippen molar-refractivity contribution >= 4 is 0 Å². The highest BCUT2D eigenvalue weighted by Gasteiger charge is 2.19. The van der Waals surface area contributed by atoms with Crippen LogP contribution < -0.4 is 0 Å². The minimum Gasteiger partial charge on any atom is -0.382 e. The standard InChI is InChI=1S/C11H19NO2/c1-3-11-10-14-9-7-12(11)6-5-8-13-4-2/h1,11H,4-10H2,2H3/t11-/m0/s1. The summed E-state index contributed by atoms with van der Waals surface area (Å²) in [6, 6.07) is 0.158. The van der Waals surface area contributed by atoms with Crippen molar-refractivity contribution in [3.63, 3.8) is 0 Å². The molecule has 0 spiro atoms. The topological polar surface area (TPSA) is 21.7 Å². The van der Waals surface area contributed by atoms with Gasteiger partial charge in [-0.2, -0.15) is 0 Å². The molecule has 0 aliphatic carbocycles. The smallest absolute Gasteiger partial charge is 0.0949 e.